The fourth-order valence-electron chi connectivity index (χ4n) is 2.03. The van der Waals surface area contributed by atoms with E-state index in [9.17, 15) is 18.0 Å². The standard InChI is InChI=1S/C15H15F3N2O2S.ClH/c1-8-3-12(22-2)13(23-8)14(21)20-11-5-9(7-19)4-10(6-11)15(16,17)18;/h3-6H,7,19H2,1-2H3,(H,20,21);1H. The zero-order chi connectivity index (χ0) is 17.2. The first-order valence-corrected chi connectivity index (χ1v) is 7.43. The third kappa shape index (κ3) is 4.62. The van der Waals surface area contributed by atoms with E-state index in [4.69, 9.17) is 10.5 Å². The Morgan fingerprint density at radius 3 is 2.50 bits per heavy atom. The molecule has 24 heavy (non-hydrogen) atoms. The Morgan fingerprint density at radius 2 is 1.96 bits per heavy atom. The number of aryl methyl sites for hydroxylation is 1. The second kappa shape index (κ2) is 7.87. The second-order valence-corrected chi connectivity index (χ2v) is 6.09. The first-order valence-electron chi connectivity index (χ1n) is 6.61. The van der Waals surface area contributed by atoms with Crippen LogP contribution in [0.5, 0.6) is 5.75 Å². The first-order chi connectivity index (χ1) is 10.7. The number of alkyl halides is 3. The molecule has 0 unspecified atom stereocenters. The molecule has 2 aromatic rings. The van der Waals surface area contributed by atoms with Crippen molar-refractivity contribution in [3.05, 3.63) is 45.1 Å². The van der Waals surface area contributed by atoms with Crippen LogP contribution in [-0.2, 0) is 12.7 Å². The molecule has 0 atom stereocenters. The minimum atomic E-state index is -4.51. The Bertz CT molecular complexity index is 732. The number of rotatable bonds is 4. The summed E-state index contributed by atoms with van der Waals surface area (Å²) in [5.74, 6) is -0.140. The molecule has 0 spiro atoms. The summed E-state index contributed by atoms with van der Waals surface area (Å²) in [5.41, 5.74) is 4.89. The van der Waals surface area contributed by atoms with E-state index in [1.807, 2.05) is 0 Å². The van der Waals surface area contributed by atoms with Gasteiger partial charge in [-0.2, -0.15) is 13.2 Å². The van der Waals surface area contributed by atoms with Gasteiger partial charge in [-0.15, -0.1) is 23.7 Å². The number of carbonyl (C=O) groups excluding carboxylic acids is 1. The van der Waals surface area contributed by atoms with Crippen molar-refractivity contribution in [2.24, 2.45) is 5.73 Å². The van der Waals surface area contributed by atoms with Crippen LogP contribution in [0, 0.1) is 6.92 Å². The van der Waals surface area contributed by atoms with Gasteiger partial charge < -0.3 is 15.8 Å². The average molecular weight is 381 g/mol. The minimum absolute atomic E-state index is 0. The van der Waals surface area contributed by atoms with Crippen molar-refractivity contribution >= 4 is 35.3 Å². The molecule has 0 saturated heterocycles. The molecule has 4 nitrogen and oxygen atoms in total. The molecule has 9 heteroatoms. The fraction of sp³-hybridized carbons (Fsp3) is 0.267. The van der Waals surface area contributed by atoms with E-state index in [1.165, 1.54) is 24.5 Å². The van der Waals surface area contributed by atoms with Gasteiger partial charge in [-0.05, 0) is 36.8 Å². The van der Waals surface area contributed by atoms with Crippen LogP contribution in [0.2, 0.25) is 0 Å². The zero-order valence-electron chi connectivity index (χ0n) is 12.9. The number of hydrogen-bond acceptors (Lipinski definition) is 4. The number of ether oxygens (including phenoxy) is 1. The van der Waals surface area contributed by atoms with Gasteiger partial charge in [-0.1, -0.05) is 0 Å². The van der Waals surface area contributed by atoms with Gasteiger partial charge in [-0.25, -0.2) is 0 Å². The van der Waals surface area contributed by atoms with Gasteiger partial charge in [0, 0.05) is 17.1 Å². The largest absolute Gasteiger partial charge is 0.495 e. The van der Waals surface area contributed by atoms with Gasteiger partial charge >= 0.3 is 6.18 Å². The maximum absolute atomic E-state index is 12.9. The van der Waals surface area contributed by atoms with Crippen LogP contribution >= 0.6 is 23.7 Å². The number of hydrogen-bond donors (Lipinski definition) is 2. The molecule has 0 fully saturated rings. The van der Waals surface area contributed by atoms with Crippen molar-refractivity contribution in [1.82, 2.24) is 0 Å². The highest BCUT2D eigenvalue weighted by atomic mass is 35.5. The van der Waals surface area contributed by atoms with E-state index in [0.717, 1.165) is 17.0 Å². The van der Waals surface area contributed by atoms with E-state index in [2.05, 4.69) is 5.32 Å². The number of halogens is 4. The molecule has 1 aromatic carbocycles. The molecule has 0 bridgehead atoms. The molecular weight excluding hydrogens is 365 g/mol. The molecule has 0 aliphatic carbocycles. The van der Waals surface area contributed by atoms with Crippen molar-refractivity contribution in [3.8, 4) is 5.75 Å². The Morgan fingerprint density at radius 1 is 1.29 bits per heavy atom. The van der Waals surface area contributed by atoms with Crippen molar-refractivity contribution in [2.45, 2.75) is 19.6 Å². The van der Waals surface area contributed by atoms with Gasteiger partial charge in [0.05, 0.1) is 12.7 Å². The number of anilines is 1. The van der Waals surface area contributed by atoms with Crippen LogP contribution < -0.4 is 15.8 Å². The van der Waals surface area contributed by atoms with E-state index in [1.54, 1.807) is 13.0 Å². The molecule has 1 heterocycles. The summed E-state index contributed by atoms with van der Waals surface area (Å²) < 4.78 is 43.8. The molecule has 0 aliphatic heterocycles. The number of amides is 1. The molecule has 2 rings (SSSR count). The second-order valence-electron chi connectivity index (χ2n) is 4.83. The Labute approximate surface area is 147 Å². The van der Waals surface area contributed by atoms with Gasteiger partial charge in [0.25, 0.3) is 5.91 Å². The number of thiophene rings is 1. The smallest absolute Gasteiger partial charge is 0.416 e. The molecule has 132 valence electrons. The molecule has 1 aromatic heterocycles. The summed E-state index contributed by atoms with van der Waals surface area (Å²) in [5, 5.41) is 2.47. The number of nitrogens with two attached hydrogens (primary N) is 1. The molecule has 0 saturated carbocycles. The predicted molar refractivity (Wildman–Crippen MR) is 90.1 cm³/mol. The number of benzene rings is 1. The SMILES string of the molecule is COc1cc(C)sc1C(=O)Nc1cc(CN)cc(C(F)(F)F)c1.Cl. The van der Waals surface area contributed by atoms with Crippen LogP contribution in [0.3, 0.4) is 0 Å². The number of carbonyl (C=O) groups is 1. The predicted octanol–water partition coefficient (Wildman–Crippen LogP) is 4.22. The maximum atomic E-state index is 12.9. The highest BCUT2D eigenvalue weighted by Gasteiger charge is 2.31. The molecule has 0 radical (unpaired) electrons. The van der Waals surface area contributed by atoms with Crippen molar-refractivity contribution in [2.75, 3.05) is 12.4 Å². The van der Waals surface area contributed by atoms with Gasteiger partial charge in [0.1, 0.15) is 10.6 Å². The lowest BCUT2D eigenvalue weighted by Gasteiger charge is -2.12. The van der Waals surface area contributed by atoms with Gasteiger partial charge in [0.15, 0.2) is 0 Å². The van der Waals surface area contributed by atoms with E-state index >= 15 is 0 Å². The first kappa shape index (κ1) is 20.3. The lowest BCUT2D eigenvalue weighted by atomic mass is 10.1. The average Bonchev–Trinajstić information content (AvgIpc) is 2.87. The topological polar surface area (TPSA) is 64.3 Å². The summed E-state index contributed by atoms with van der Waals surface area (Å²) in [6.45, 7) is 1.75. The van der Waals surface area contributed by atoms with Crippen molar-refractivity contribution in [1.29, 1.82) is 0 Å². The highest BCUT2D eigenvalue weighted by molar-refractivity contribution is 7.14. The monoisotopic (exact) mass is 380 g/mol. The molecule has 0 aliphatic rings. The summed E-state index contributed by atoms with van der Waals surface area (Å²) in [4.78, 5) is 13.4. The van der Waals surface area contributed by atoms with Gasteiger partial charge in [-0.3, -0.25) is 4.79 Å². The fourth-order valence-corrected chi connectivity index (χ4v) is 2.91. The van der Waals surface area contributed by atoms with Crippen LogP contribution in [0.1, 0.15) is 25.7 Å². The summed E-state index contributed by atoms with van der Waals surface area (Å²) >= 11 is 1.20. The number of methoxy groups -OCH3 is 1. The molecular formula is C15H16ClF3N2O2S. The Kier molecular flexibility index (Phi) is 6.65. The van der Waals surface area contributed by atoms with E-state index in [-0.39, 0.29) is 30.2 Å². The quantitative estimate of drug-likeness (QED) is 0.834. The zero-order valence-corrected chi connectivity index (χ0v) is 14.5. The third-order valence-electron chi connectivity index (χ3n) is 3.06. The summed E-state index contributed by atoms with van der Waals surface area (Å²) in [6, 6.07) is 4.95. The van der Waals surface area contributed by atoms with Crippen LogP contribution in [0.4, 0.5) is 18.9 Å². The highest BCUT2D eigenvalue weighted by Crippen LogP contribution is 2.33. The lowest BCUT2D eigenvalue weighted by molar-refractivity contribution is -0.137. The van der Waals surface area contributed by atoms with Crippen molar-refractivity contribution in [3.63, 3.8) is 0 Å². The molecule has 1 amide bonds. The Balaban J connectivity index is 0.00000288. The van der Waals surface area contributed by atoms with Crippen molar-refractivity contribution < 1.29 is 22.7 Å². The summed E-state index contributed by atoms with van der Waals surface area (Å²) in [7, 11) is 1.43. The normalized spacial score (nSPS) is 10.9. The number of nitrogens with one attached hydrogen (secondary N) is 1. The van der Waals surface area contributed by atoms with Crippen LogP contribution in [0.15, 0.2) is 24.3 Å². The molecule has 3 N–H and O–H groups in total. The third-order valence-corrected chi connectivity index (χ3v) is 4.09. The van der Waals surface area contributed by atoms with E-state index < -0.39 is 17.6 Å². The van der Waals surface area contributed by atoms with Gasteiger partial charge in [0.2, 0.25) is 0 Å². The summed E-state index contributed by atoms with van der Waals surface area (Å²) in [6.07, 6.45) is -4.51. The van der Waals surface area contributed by atoms with Crippen LogP contribution in [-0.4, -0.2) is 13.0 Å². The minimum Gasteiger partial charge on any atom is -0.495 e. The maximum Gasteiger partial charge on any atom is 0.416 e. The van der Waals surface area contributed by atoms with Crippen LogP contribution in [0.25, 0.3) is 0 Å². The Hall–Kier alpha value is -1.77. The lowest BCUT2D eigenvalue weighted by Crippen LogP contribution is -2.14. The van der Waals surface area contributed by atoms with E-state index in [0.29, 0.717) is 10.6 Å².